The van der Waals surface area contributed by atoms with E-state index in [2.05, 4.69) is 26.1 Å². The van der Waals surface area contributed by atoms with Crippen molar-refractivity contribution in [3.8, 4) is 5.75 Å². The molecule has 0 radical (unpaired) electrons. The van der Waals surface area contributed by atoms with Crippen LogP contribution in [0.1, 0.15) is 57.0 Å². The molecule has 2 aromatic rings. The number of hydrogen-bond donors (Lipinski definition) is 2. The van der Waals surface area contributed by atoms with Crippen LogP contribution in [0.5, 0.6) is 5.75 Å². The second-order valence-corrected chi connectivity index (χ2v) is 10.8. The minimum atomic E-state index is -1.56. The summed E-state index contributed by atoms with van der Waals surface area (Å²) in [6.07, 6.45) is 0.209. The molecule has 3 rings (SSSR count). The van der Waals surface area contributed by atoms with Crippen LogP contribution >= 0.6 is 0 Å². The Balaban J connectivity index is 1.95. The predicted octanol–water partition coefficient (Wildman–Crippen LogP) is 4.85. The van der Waals surface area contributed by atoms with Crippen LogP contribution in [0.4, 0.5) is 10.5 Å². The lowest BCUT2D eigenvalue weighted by Crippen LogP contribution is -2.69. The molecule has 1 unspecified atom stereocenters. The molecule has 194 valence electrons. The summed E-state index contributed by atoms with van der Waals surface area (Å²) in [6.45, 7) is 10.2. The molecule has 1 fully saturated rings. The van der Waals surface area contributed by atoms with Gasteiger partial charge in [0.25, 0.3) is 5.91 Å². The van der Waals surface area contributed by atoms with Crippen LogP contribution in [0.2, 0.25) is 0 Å². The van der Waals surface area contributed by atoms with Crippen molar-refractivity contribution in [2.75, 3.05) is 32.1 Å². The number of nitrogens with zero attached hydrogens (tertiary/aromatic N) is 2. The highest BCUT2D eigenvalue weighted by Crippen LogP contribution is 2.35. The summed E-state index contributed by atoms with van der Waals surface area (Å²) < 4.78 is 5.57. The van der Waals surface area contributed by atoms with Gasteiger partial charge in [-0.05, 0) is 47.6 Å². The van der Waals surface area contributed by atoms with E-state index < -0.39 is 11.5 Å². The average Bonchev–Trinajstić information content (AvgIpc) is 2.82. The molecule has 8 heteroatoms. The fourth-order valence-electron chi connectivity index (χ4n) is 4.83. The first kappa shape index (κ1) is 27.0. The van der Waals surface area contributed by atoms with E-state index in [1.807, 2.05) is 38.1 Å². The van der Waals surface area contributed by atoms with Gasteiger partial charge >= 0.3 is 12.0 Å². The lowest BCUT2D eigenvalue weighted by Gasteiger charge is -2.48. The van der Waals surface area contributed by atoms with E-state index in [-0.39, 0.29) is 49.3 Å². The molecule has 0 saturated carbocycles. The number of amides is 3. The average molecular weight is 496 g/mol. The molecule has 0 spiro atoms. The maximum Gasteiger partial charge on any atom is 0.331 e. The number of ether oxygens (including phenoxy) is 1. The number of hydrogen-bond acceptors (Lipinski definition) is 4. The van der Waals surface area contributed by atoms with Crippen molar-refractivity contribution in [3.05, 3.63) is 59.7 Å². The van der Waals surface area contributed by atoms with Crippen LogP contribution in [0.3, 0.4) is 0 Å². The van der Waals surface area contributed by atoms with Crippen LogP contribution < -0.4 is 10.1 Å². The molecule has 8 nitrogen and oxygen atoms in total. The summed E-state index contributed by atoms with van der Waals surface area (Å²) in [5.74, 6) is -0.953. The van der Waals surface area contributed by atoms with Crippen LogP contribution in [-0.4, -0.2) is 65.1 Å². The second kappa shape index (κ2) is 10.6. The molecule has 3 amide bonds. The van der Waals surface area contributed by atoms with Crippen molar-refractivity contribution in [2.24, 2.45) is 5.92 Å². The Morgan fingerprint density at radius 3 is 2.31 bits per heavy atom. The zero-order chi connectivity index (χ0) is 26.7. The minimum Gasteiger partial charge on any atom is -0.496 e. The topological polar surface area (TPSA) is 99.2 Å². The second-order valence-electron chi connectivity index (χ2n) is 10.8. The van der Waals surface area contributed by atoms with Crippen molar-refractivity contribution in [3.63, 3.8) is 0 Å². The Labute approximate surface area is 213 Å². The first-order chi connectivity index (χ1) is 16.9. The SMILES string of the molecule is COc1cc(C(=O)N2CCN(C(=O)Nc3ccccc3)CC2(CC(C)C)C(=O)O)ccc1C(C)(C)C. The predicted molar refractivity (Wildman–Crippen MR) is 140 cm³/mol. The smallest absolute Gasteiger partial charge is 0.331 e. The van der Waals surface area contributed by atoms with Gasteiger partial charge in [-0.3, -0.25) is 4.79 Å². The number of carbonyl (C=O) groups excluding carboxylic acids is 2. The van der Waals surface area contributed by atoms with Gasteiger partial charge in [0.2, 0.25) is 0 Å². The molecule has 2 N–H and O–H groups in total. The van der Waals surface area contributed by atoms with E-state index in [4.69, 9.17) is 4.74 Å². The maximum atomic E-state index is 13.8. The quantitative estimate of drug-likeness (QED) is 0.597. The zero-order valence-corrected chi connectivity index (χ0v) is 22.0. The number of nitrogens with one attached hydrogen (secondary N) is 1. The summed E-state index contributed by atoms with van der Waals surface area (Å²) >= 11 is 0. The van der Waals surface area contributed by atoms with Crippen molar-refractivity contribution in [1.29, 1.82) is 0 Å². The van der Waals surface area contributed by atoms with Crippen molar-refractivity contribution >= 4 is 23.6 Å². The fourth-order valence-corrected chi connectivity index (χ4v) is 4.83. The monoisotopic (exact) mass is 495 g/mol. The molecule has 1 aliphatic heterocycles. The third-order valence-electron chi connectivity index (χ3n) is 6.52. The molecule has 0 aliphatic carbocycles. The van der Waals surface area contributed by atoms with E-state index in [1.54, 1.807) is 31.4 Å². The summed E-state index contributed by atoms with van der Waals surface area (Å²) in [4.78, 5) is 42.5. The molecule has 1 saturated heterocycles. The van der Waals surface area contributed by atoms with Gasteiger partial charge in [0.15, 0.2) is 5.54 Å². The van der Waals surface area contributed by atoms with Crippen LogP contribution in [0.15, 0.2) is 48.5 Å². The third kappa shape index (κ3) is 5.64. The van der Waals surface area contributed by atoms with E-state index in [0.29, 0.717) is 17.0 Å². The highest BCUT2D eigenvalue weighted by atomic mass is 16.5. The van der Waals surface area contributed by atoms with Gasteiger partial charge < -0.3 is 25.0 Å². The van der Waals surface area contributed by atoms with Crippen LogP contribution in [0.25, 0.3) is 0 Å². The Kier molecular flexibility index (Phi) is 7.96. The van der Waals surface area contributed by atoms with E-state index in [1.165, 1.54) is 9.80 Å². The number of benzene rings is 2. The minimum absolute atomic E-state index is 0.0219. The molecule has 1 aliphatic rings. The molecule has 2 aromatic carbocycles. The number of piperazine rings is 1. The Hall–Kier alpha value is -3.55. The molecular formula is C28H37N3O5. The molecular weight excluding hydrogens is 458 g/mol. The number of urea groups is 1. The Morgan fingerprint density at radius 1 is 1.08 bits per heavy atom. The van der Waals surface area contributed by atoms with Crippen molar-refractivity contribution < 1.29 is 24.2 Å². The van der Waals surface area contributed by atoms with Gasteiger partial charge in [-0.25, -0.2) is 9.59 Å². The van der Waals surface area contributed by atoms with Crippen molar-refractivity contribution in [2.45, 2.75) is 52.0 Å². The van der Waals surface area contributed by atoms with Crippen molar-refractivity contribution in [1.82, 2.24) is 9.80 Å². The van der Waals surface area contributed by atoms with Gasteiger partial charge in [0.05, 0.1) is 13.7 Å². The molecule has 0 bridgehead atoms. The van der Waals surface area contributed by atoms with Gasteiger partial charge in [-0.15, -0.1) is 0 Å². The van der Waals surface area contributed by atoms with E-state index >= 15 is 0 Å². The number of carboxylic acid groups (broad SMARTS) is 1. The highest BCUT2D eigenvalue weighted by Gasteiger charge is 2.51. The lowest BCUT2D eigenvalue weighted by atomic mass is 9.83. The molecule has 0 aromatic heterocycles. The lowest BCUT2D eigenvalue weighted by molar-refractivity contribution is -0.154. The number of anilines is 1. The van der Waals surface area contributed by atoms with E-state index in [9.17, 15) is 19.5 Å². The summed E-state index contributed by atoms with van der Waals surface area (Å²) in [6, 6.07) is 13.9. The maximum absolute atomic E-state index is 13.8. The Bertz CT molecular complexity index is 1110. The van der Waals surface area contributed by atoms with E-state index in [0.717, 1.165) is 5.56 Å². The first-order valence-corrected chi connectivity index (χ1v) is 12.2. The molecule has 1 atom stereocenters. The normalized spacial score (nSPS) is 18.2. The third-order valence-corrected chi connectivity index (χ3v) is 6.52. The molecule has 1 heterocycles. The number of methoxy groups -OCH3 is 1. The number of carboxylic acids is 1. The standard InChI is InChI=1S/C28H37N3O5/c1-19(2)17-28(25(33)34)18-30(26(35)29-21-10-8-7-9-11-21)14-15-31(28)24(32)20-12-13-22(27(3,4)5)23(16-20)36-6/h7-13,16,19H,14-15,17-18H2,1-6H3,(H,29,35)(H,33,34). The van der Waals surface area contributed by atoms with Gasteiger partial charge in [-0.1, -0.05) is 58.9 Å². The first-order valence-electron chi connectivity index (χ1n) is 12.2. The number of aliphatic carboxylic acids is 1. The van der Waals surface area contributed by atoms with Gasteiger partial charge in [-0.2, -0.15) is 0 Å². The zero-order valence-electron chi connectivity index (χ0n) is 22.0. The summed E-state index contributed by atoms with van der Waals surface area (Å²) in [7, 11) is 1.56. The number of para-hydroxylation sites is 1. The molecule has 36 heavy (non-hydrogen) atoms. The van der Waals surface area contributed by atoms with Gasteiger partial charge in [0.1, 0.15) is 5.75 Å². The highest BCUT2D eigenvalue weighted by molar-refractivity contribution is 5.99. The summed E-state index contributed by atoms with van der Waals surface area (Å²) in [5.41, 5.74) is 0.185. The van der Waals surface area contributed by atoms with Gasteiger partial charge in [0, 0.05) is 24.3 Å². The number of carbonyl (C=O) groups is 3. The number of rotatable bonds is 6. The summed E-state index contributed by atoms with van der Waals surface area (Å²) in [5, 5.41) is 13.3. The van der Waals surface area contributed by atoms with Crippen LogP contribution in [0, 0.1) is 5.92 Å². The Morgan fingerprint density at radius 2 is 1.75 bits per heavy atom. The van der Waals surface area contributed by atoms with Crippen LogP contribution in [-0.2, 0) is 10.2 Å². The fraction of sp³-hybridized carbons (Fsp3) is 0.464. The largest absolute Gasteiger partial charge is 0.496 e.